The van der Waals surface area contributed by atoms with Crippen LogP contribution >= 0.6 is 23.2 Å². The zero-order chi connectivity index (χ0) is 34.5. The van der Waals surface area contributed by atoms with Crippen molar-refractivity contribution in [3.8, 4) is 6.07 Å². The highest BCUT2D eigenvalue weighted by Gasteiger charge is 2.31. The van der Waals surface area contributed by atoms with E-state index in [0.29, 0.717) is 54.6 Å². The Bertz CT molecular complexity index is 2050. The lowest BCUT2D eigenvalue weighted by molar-refractivity contribution is -0.674. The predicted octanol–water partition coefficient (Wildman–Crippen LogP) is 5.53. The third kappa shape index (κ3) is 8.46. The Balaban J connectivity index is 1.79. The average molecular weight is 721 g/mol. The summed E-state index contributed by atoms with van der Waals surface area (Å²) in [4.78, 5) is 7.53. The Morgan fingerprint density at radius 2 is 1.60 bits per heavy atom. The van der Waals surface area contributed by atoms with Crippen LogP contribution in [0.2, 0.25) is 10.0 Å². The lowest BCUT2D eigenvalue weighted by atomic mass is 10.2. The van der Waals surface area contributed by atoms with Crippen molar-refractivity contribution in [2.45, 2.75) is 52.6 Å². The normalized spacial score (nSPS) is 14.3. The number of fused-ring (bicyclic) bond motifs is 2. The van der Waals surface area contributed by atoms with Gasteiger partial charge in [-0.15, -0.1) is 0 Å². The predicted molar refractivity (Wildman–Crippen MR) is 180 cm³/mol. The van der Waals surface area contributed by atoms with Crippen molar-refractivity contribution in [2.75, 3.05) is 34.4 Å². The summed E-state index contributed by atoms with van der Waals surface area (Å²) in [5.74, 6) is 0.552. The second-order valence-corrected chi connectivity index (χ2v) is 14.7. The SMILES string of the molecule is [C-]#[N+]c1cc2c(cc1Cl)N(CC)C(=CC=Cc1n(CC)c3cc(Cl)c(C#N)cc3[n+]1CCCCS(=O)(=O)[O-])N2CCCCS(=O)(=O)[O-]. The maximum atomic E-state index is 11.2. The lowest BCUT2D eigenvalue weighted by Crippen LogP contribution is -2.37. The van der Waals surface area contributed by atoms with Crippen LogP contribution in [0.5, 0.6) is 0 Å². The topological polar surface area (TPSA) is 158 Å². The summed E-state index contributed by atoms with van der Waals surface area (Å²) < 4.78 is 71.2. The first-order chi connectivity index (χ1) is 22.2. The van der Waals surface area contributed by atoms with Gasteiger partial charge in [-0.3, -0.25) is 0 Å². The highest BCUT2D eigenvalue weighted by atomic mass is 35.5. The Morgan fingerprint density at radius 3 is 2.19 bits per heavy atom. The van der Waals surface area contributed by atoms with Gasteiger partial charge < -0.3 is 18.9 Å². The number of imidazole rings is 1. The third-order valence-electron chi connectivity index (χ3n) is 7.79. The Kier molecular flexibility index (Phi) is 11.6. The lowest BCUT2D eigenvalue weighted by Gasteiger charge is -2.24. The van der Waals surface area contributed by atoms with Gasteiger partial charge in [0.2, 0.25) is 5.69 Å². The molecule has 12 nitrogen and oxygen atoms in total. The number of aromatic nitrogens is 2. The first-order valence-corrected chi connectivity index (χ1v) is 18.8. The number of halogens is 2. The summed E-state index contributed by atoms with van der Waals surface area (Å²) in [6.45, 7) is 13.3. The molecule has 0 N–H and O–H groups in total. The average Bonchev–Trinajstić information content (AvgIpc) is 3.44. The van der Waals surface area contributed by atoms with Crippen LogP contribution in [0.4, 0.5) is 17.1 Å². The number of hydrogen-bond acceptors (Lipinski definition) is 9. The van der Waals surface area contributed by atoms with E-state index >= 15 is 0 Å². The van der Waals surface area contributed by atoms with E-state index in [1.807, 2.05) is 51.0 Å². The van der Waals surface area contributed by atoms with Crippen LogP contribution in [-0.4, -0.2) is 55.1 Å². The van der Waals surface area contributed by atoms with Crippen molar-refractivity contribution in [3.05, 3.63) is 75.1 Å². The zero-order valence-corrected chi connectivity index (χ0v) is 29.0. The molecular formula is C31H33Cl2N6O6S2-. The maximum absolute atomic E-state index is 11.2. The summed E-state index contributed by atoms with van der Waals surface area (Å²) in [6, 6.07) is 8.95. The number of unbranched alkanes of at least 4 members (excludes halogenated alkanes) is 2. The second kappa shape index (κ2) is 15.1. The standard InChI is InChI=1S/C31H34Cl2N6O6S2/c1-4-36-27-18-23(32)22(21-34)17-26(27)38(13-6-8-15-46(40,41)42)30(36)11-10-12-31-37(5-2)28-19-24(33)25(35-3)20-29(28)39(31)14-7-9-16-47(43,44)45/h10-12,17-20H,4-9,13-16H2,1-2H3,(H-,40,41,42,43,44,45)/p-1. The fourth-order valence-corrected chi connectivity index (χ4v) is 7.24. The summed E-state index contributed by atoms with van der Waals surface area (Å²) >= 11 is 12.8. The molecule has 0 amide bonds. The quantitative estimate of drug-likeness (QED) is 0.0904. The fraction of sp³-hybridized carbons (Fsp3) is 0.387. The Morgan fingerprint density at radius 1 is 0.936 bits per heavy atom. The molecule has 47 heavy (non-hydrogen) atoms. The molecular weight excluding hydrogens is 687 g/mol. The van der Waals surface area contributed by atoms with Gasteiger partial charge >= 0.3 is 0 Å². The van der Waals surface area contributed by atoms with E-state index in [-0.39, 0.29) is 18.5 Å². The maximum Gasteiger partial charge on any atom is 0.282 e. The van der Waals surface area contributed by atoms with Gasteiger partial charge in [0, 0.05) is 47.8 Å². The van der Waals surface area contributed by atoms with Crippen LogP contribution in [-0.2, 0) is 33.3 Å². The van der Waals surface area contributed by atoms with Crippen LogP contribution in [0.3, 0.4) is 0 Å². The molecule has 0 radical (unpaired) electrons. The monoisotopic (exact) mass is 719 g/mol. The molecule has 0 unspecified atom stereocenters. The first kappa shape index (κ1) is 36.2. The minimum absolute atomic E-state index is 0.172. The van der Waals surface area contributed by atoms with Crippen LogP contribution in [0, 0.1) is 17.9 Å². The van der Waals surface area contributed by atoms with Crippen molar-refractivity contribution < 1.29 is 30.5 Å². The number of anilines is 2. The minimum atomic E-state index is -4.36. The molecule has 0 saturated heterocycles. The Labute approximate surface area is 285 Å². The van der Waals surface area contributed by atoms with Crippen molar-refractivity contribution in [3.63, 3.8) is 0 Å². The molecule has 2 heterocycles. The Hall–Kier alpha value is -3.63. The molecule has 3 aromatic rings. The summed E-state index contributed by atoms with van der Waals surface area (Å²) in [5.41, 5.74) is 3.59. The molecule has 0 fully saturated rings. The second-order valence-electron chi connectivity index (χ2n) is 10.8. The van der Waals surface area contributed by atoms with Gasteiger partial charge in [-0.1, -0.05) is 29.3 Å². The molecule has 1 aliphatic rings. The van der Waals surface area contributed by atoms with Crippen LogP contribution in [0.1, 0.15) is 50.9 Å². The molecule has 1 aliphatic heterocycles. The van der Waals surface area contributed by atoms with E-state index in [1.165, 1.54) is 0 Å². The van der Waals surface area contributed by atoms with Crippen LogP contribution in [0.15, 0.2) is 42.2 Å². The minimum Gasteiger partial charge on any atom is -0.748 e. The van der Waals surface area contributed by atoms with Gasteiger partial charge in [0.15, 0.2) is 11.0 Å². The van der Waals surface area contributed by atoms with E-state index in [0.717, 1.165) is 34.1 Å². The number of aryl methyl sites for hydroxylation is 2. The van der Waals surface area contributed by atoms with Crippen molar-refractivity contribution >= 4 is 77.6 Å². The van der Waals surface area contributed by atoms with E-state index in [2.05, 4.69) is 10.9 Å². The van der Waals surface area contributed by atoms with Gasteiger partial charge in [-0.05, 0) is 57.7 Å². The van der Waals surface area contributed by atoms with E-state index in [1.54, 1.807) is 24.3 Å². The highest BCUT2D eigenvalue weighted by molar-refractivity contribution is 7.85. The highest BCUT2D eigenvalue weighted by Crippen LogP contribution is 2.46. The zero-order valence-electron chi connectivity index (χ0n) is 25.8. The fourth-order valence-electron chi connectivity index (χ4n) is 5.73. The molecule has 250 valence electrons. The summed E-state index contributed by atoms with van der Waals surface area (Å²) in [5, 5.41) is 10.2. The van der Waals surface area contributed by atoms with Crippen LogP contribution in [0.25, 0.3) is 22.0 Å². The number of hydrogen-bond donors (Lipinski definition) is 0. The summed E-state index contributed by atoms with van der Waals surface area (Å²) in [7, 11) is -8.71. The van der Waals surface area contributed by atoms with E-state index < -0.39 is 31.7 Å². The molecule has 0 atom stereocenters. The third-order valence-corrected chi connectivity index (χ3v) is 9.99. The van der Waals surface area contributed by atoms with Gasteiger partial charge in [0.05, 0.1) is 61.9 Å². The molecule has 0 aliphatic carbocycles. The molecule has 1 aromatic heterocycles. The molecule has 16 heteroatoms. The van der Waals surface area contributed by atoms with Gasteiger partial charge in [-0.2, -0.15) is 5.26 Å². The van der Waals surface area contributed by atoms with E-state index in [4.69, 9.17) is 29.8 Å². The van der Waals surface area contributed by atoms with Crippen LogP contribution < -0.4 is 14.4 Å². The molecule has 0 saturated carbocycles. The molecule has 0 spiro atoms. The number of benzene rings is 2. The molecule has 0 bridgehead atoms. The molecule has 4 rings (SSSR count). The van der Waals surface area contributed by atoms with Gasteiger partial charge in [-0.25, -0.2) is 30.8 Å². The van der Waals surface area contributed by atoms with Gasteiger partial charge in [0.25, 0.3) is 5.82 Å². The summed E-state index contributed by atoms with van der Waals surface area (Å²) in [6.07, 6.45) is 6.77. The van der Waals surface area contributed by atoms with Crippen molar-refractivity contribution in [2.24, 2.45) is 0 Å². The number of nitriles is 1. The van der Waals surface area contributed by atoms with Crippen molar-refractivity contribution in [1.29, 1.82) is 5.26 Å². The van der Waals surface area contributed by atoms with Crippen molar-refractivity contribution in [1.82, 2.24) is 4.57 Å². The first-order valence-electron chi connectivity index (χ1n) is 14.9. The number of nitrogens with zero attached hydrogens (tertiary/aromatic N) is 6. The largest absolute Gasteiger partial charge is 0.748 e. The number of rotatable bonds is 14. The van der Waals surface area contributed by atoms with Gasteiger partial charge in [0.1, 0.15) is 11.9 Å². The molecule has 2 aromatic carbocycles. The smallest absolute Gasteiger partial charge is 0.282 e. The number of allylic oxidation sites excluding steroid dienone is 2. The van der Waals surface area contributed by atoms with E-state index in [9.17, 15) is 31.2 Å².